The number of carbonyl (C=O) groups is 1. The first kappa shape index (κ1) is 13.8. The second kappa shape index (κ2) is 6.04. The topological polar surface area (TPSA) is 54.0 Å². The van der Waals surface area contributed by atoms with Gasteiger partial charge in [0, 0.05) is 13.1 Å². The quantitative estimate of drug-likeness (QED) is 0.879. The zero-order valence-corrected chi connectivity index (χ0v) is 11.9. The minimum absolute atomic E-state index is 0.0666. The van der Waals surface area contributed by atoms with Crippen molar-refractivity contribution >= 4 is 11.7 Å². The average Bonchev–Trinajstić information content (AvgIpc) is 2.44. The van der Waals surface area contributed by atoms with Gasteiger partial charge in [0.25, 0.3) is 5.91 Å². The normalized spacial score (nSPS) is 26.8. The van der Waals surface area contributed by atoms with E-state index >= 15 is 0 Å². The van der Waals surface area contributed by atoms with E-state index in [0.29, 0.717) is 17.5 Å². The van der Waals surface area contributed by atoms with Crippen molar-refractivity contribution in [3.63, 3.8) is 0 Å². The van der Waals surface area contributed by atoms with Crippen LogP contribution in [0.5, 0.6) is 0 Å². The van der Waals surface area contributed by atoms with Crippen LogP contribution in [-0.2, 0) is 0 Å². The zero-order chi connectivity index (χ0) is 13.8. The summed E-state index contributed by atoms with van der Waals surface area (Å²) in [6, 6.07) is 5.73. The lowest BCUT2D eigenvalue weighted by Crippen LogP contribution is -2.43. The van der Waals surface area contributed by atoms with Crippen LogP contribution >= 0.6 is 0 Å². The summed E-state index contributed by atoms with van der Waals surface area (Å²) in [7, 11) is 1.80. The van der Waals surface area contributed by atoms with E-state index in [1.165, 1.54) is 12.8 Å². The van der Waals surface area contributed by atoms with Crippen molar-refractivity contribution < 1.29 is 4.79 Å². The van der Waals surface area contributed by atoms with Crippen LogP contribution in [0.15, 0.2) is 18.2 Å². The molecule has 2 rings (SSSR count). The van der Waals surface area contributed by atoms with Gasteiger partial charge in [0.1, 0.15) is 11.5 Å². The third-order valence-electron chi connectivity index (χ3n) is 4.26. The third-order valence-corrected chi connectivity index (χ3v) is 4.26. The molecule has 4 nitrogen and oxygen atoms in total. The number of hydrogen-bond donors (Lipinski definition) is 2. The number of pyridine rings is 1. The van der Waals surface area contributed by atoms with Crippen molar-refractivity contribution in [2.45, 2.75) is 39.2 Å². The van der Waals surface area contributed by atoms with E-state index in [9.17, 15) is 4.79 Å². The van der Waals surface area contributed by atoms with E-state index in [4.69, 9.17) is 0 Å². The van der Waals surface area contributed by atoms with Crippen LogP contribution in [0.2, 0.25) is 0 Å². The summed E-state index contributed by atoms with van der Waals surface area (Å²) in [5.41, 5.74) is 0.484. The monoisotopic (exact) mass is 261 g/mol. The molecule has 4 heteroatoms. The Bertz CT molecular complexity index is 447. The van der Waals surface area contributed by atoms with E-state index in [2.05, 4.69) is 29.5 Å². The first-order chi connectivity index (χ1) is 9.11. The van der Waals surface area contributed by atoms with Crippen molar-refractivity contribution in [2.24, 2.45) is 11.8 Å². The molecule has 1 aliphatic rings. The Kier molecular flexibility index (Phi) is 4.40. The fraction of sp³-hybridized carbons (Fsp3) is 0.600. The Balaban J connectivity index is 2.03. The molecule has 0 bridgehead atoms. The zero-order valence-electron chi connectivity index (χ0n) is 11.9. The maximum atomic E-state index is 12.2. The molecule has 1 aromatic rings. The predicted molar refractivity (Wildman–Crippen MR) is 77.2 cm³/mol. The molecule has 19 heavy (non-hydrogen) atoms. The van der Waals surface area contributed by atoms with Crippen LogP contribution in [0.1, 0.15) is 43.6 Å². The Hall–Kier alpha value is -1.58. The summed E-state index contributed by atoms with van der Waals surface area (Å²) in [5.74, 6) is 1.86. The van der Waals surface area contributed by atoms with Gasteiger partial charge in [-0.1, -0.05) is 32.8 Å². The standard InChI is InChI=1S/C15H23N3O/c1-10-6-4-7-12(11(10)2)18-15(19)13-8-5-9-14(16-3)17-13/h5,8-12H,4,6-7H2,1-3H3,(H,16,17)(H,18,19). The first-order valence-electron chi connectivity index (χ1n) is 7.07. The van der Waals surface area contributed by atoms with E-state index in [1.807, 2.05) is 12.1 Å². The number of amides is 1. The fourth-order valence-corrected chi connectivity index (χ4v) is 2.73. The van der Waals surface area contributed by atoms with Crippen LogP contribution in [0.3, 0.4) is 0 Å². The van der Waals surface area contributed by atoms with Gasteiger partial charge in [-0.15, -0.1) is 0 Å². The molecule has 1 fully saturated rings. The lowest BCUT2D eigenvalue weighted by molar-refractivity contribution is 0.0886. The molecule has 0 spiro atoms. The molecule has 1 saturated carbocycles. The van der Waals surface area contributed by atoms with Gasteiger partial charge in [-0.25, -0.2) is 4.98 Å². The highest BCUT2D eigenvalue weighted by Gasteiger charge is 2.28. The Morgan fingerprint density at radius 1 is 1.32 bits per heavy atom. The molecule has 2 N–H and O–H groups in total. The van der Waals surface area contributed by atoms with Crippen LogP contribution in [0, 0.1) is 11.8 Å². The SMILES string of the molecule is CNc1cccc(C(=O)NC2CCCC(C)C2C)n1. The highest BCUT2D eigenvalue weighted by Crippen LogP contribution is 2.29. The summed E-state index contributed by atoms with van der Waals surface area (Å²) in [6.45, 7) is 4.50. The van der Waals surface area contributed by atoms with Gasteiger partial charge in [-0.05, 0) is 30.4 Å². The third kappa shape index (κ3) is 3.25. The number of hydrogen-bond acceptors (Lipinski definition) is 3. The van der Waals surface area contributed by atoms with Gasteiger partial charge in [0.15, 0.2) is 0 Å². The molecular weight excluding hydrogens is 238 g/mol. The molecule has 1 aliphatic carbocycles. The minimum Gasteiger partial charge on any atom is -0.373 e. The van der Waals surface area contributed by atoms with Gasteiger partial charge in [0.05, 0.1) is 0 Å². The molecule has 3 atom stereocenters. The van der Waals surface area contributed by atoms with Gasteiger partial charge in [0.2, 0.25) is 0 Å². The van der Waals surface area contributed by atoms with Crippen molar-refractivity contribution in [1.29, 1.82) is 0 Å². The molecular formula is C15H23N3O. The molecule has 0 aliphatic heterocycles. The lowest BCUT2D eigenvalue weighted by atomic mass is 9.78. The molecule has 0 radical (unpaired) electrons. The van der Waals surface area contributed by atoms with E-state index in [-0.39, 0.29) is 11.9 Å². The number of anilines is 1. The van der Waals surface area contributed by atoms with Gasteiger partial charge in [-0.2, -0.15) is 0 Å². The first-order valence-corrected chi connectivity index (χ1v) is 7.07. The van der Waals surface area contributed by atoms with Crippen LogP contribution < -0.4 is 10.6 Å². The molecule has 3 unspecified atom stereocenters. The number of carbonyl (C=O) groups excluding carboxylic acids is 1. The molecule has 0 aromatic carbocycles. The Morgan fingerprint density at radius 3 is 2.84 bits per heavy atom. The number of nitrogens with zero attached hydrogens (tertiary/aromatic N) is 1. The second-order valence-electron chi connectivity index (χ2n) is 5.51. The minimum atomic E-state index is -0.0666. The Labute approximate surface area is 115 Å². The average molecular weight is 261 g/mol. The van der Waals surface area contributed by atoms with Crippen molar-refractivity contribution in [3.8, 4) is 0 Å². The fourth-order valence-electron chi connectivity index (χ4n) is 2.73. The van der Waals surface area contributed by atoms with E-state index in [0.717, 1.165) is 12.2 Å². The molecule has 1 aromatic heterocycles. The summed E-state index contributed by atoms with van der Waals surface area (Å²) in [6.07, 6.45) is 3.53. The number of rotatable bonds is 3. The maximum absolute atomic E-state index is 12.2. The van der Waals surface area contributed by atoms with Gasteiger partial charge in [-0.3, -0.25) is 4.79 Å². The van der Waals surface area contributed by atoms with Crippen LogP contribution in [0.4, 0.5) is 5.82 Å². The lowest BCUT2D eigenvalue weighted by Gasteiger charge is -2.34. The molecule has 0 saturated heterocycles. The van der Waals surface area contributed by atoms with Crippen molar-refractivity contribution in [1.82, 2.24) is 10.3 Å². The summed E-state index contributed by atoms with van der Waals surface area (Å²) >= 11 is 0. The highest BCUT2D eigenvalue weighted by atomic mass is 16.1. The largest absolute Gasteiger partial charge is 0.373 e. The predicted octanol–water partition coefficient (Wildman–Crippen LogP) is 2.68. The highest BCUT2D eigenvalue weighted by molar-refractivity contribution is 5.92. The number of nitrogens with one attached hydrogen (secondary N) is 2. The van der Waals surface area contributed by atoms with Gasteiger partial charge < -0.3 is 10.6 Å². The second-order valence-corrected chi connectivity index (χ2v) is 5.51. The Morgan fingerprint density at radius 2 is 2.11 bits per heavy atom. The summed E-state index contributed by atoms with van der Waals surface area (Å²) in [5, 5.41) is 6.09. The molecule has 1 heterocycles. The molecule has 104 valence electrons. The van der Waals surface area contributed by atoms with Crippen molar-refractivity contribution in [3.05, 3.63) is 23.9 Å². The van der Waals surface area contributed by atoms with E-state index in [1.54, 1.807) is 13.1 Å². The summed E-state index contributed by atoms with van der Waals surface area (Å²) < 4.78 is 0. The van der Waals surface area contributed by atoms with Crippen LogP contribution in [0.25, 0.3) is 0 Å². The van der Waals surface area contributed by atoms with E-state index < -0.39 is 0 Å². The molecule has 1 amide bonds. The van der Waals surface area contributed by atoms with Crippen LogP contribution in [-0.4, -0.2) is 24.0 Å². The maximum Gasteiger partial charge on any atom is 0.270 e. The number of aromatic nitrogens is 1. The van der Waals surface area contributed by atoms with Crippen molar-refractivity contribution in [2.75, 3.05) is 12.4 Å². The summed E-state index contributed by atoms with van der Waals surface area (Å²) in [4.78, 5) is 16.5. The van der Waals surface area contributed by atoms with Gasteiger partial charge >= 0.3 is 0 Å². The smallest absolute Gasteiger partial charge is 0.270 e.